The quantitative estimate of drug-likeness (QED) is 0.594. The number of nitrogens with one attached hydrogen (secondary N) is 1. The van der Waals surface area contributed by atoms with Gasteiger partial charge in [-0.25, -0.2) is 13.2 Å². The van der Waals surface area contributed by atoms with Crippen molar-refractivity contribution in [1.29, 1.82) is 0 Å². The van der Waals surface area contributed by atoms with Gasteiger partial charge in [-0.15, -0.1) is 11.3 Å². The molecule has 140 valence electrons. The van der Waals surface area contributed by atoms with Crippen LogP contribution in [0.4, 0.5) is 5.69 Å². The van der Waals surface area contributed by atoms with E-state index in [1.807, 2.05) is 30.3 Å². The van der Waals surface area contributed by atoms with Gasteiger partial charge in [-0.05, 0) is 48.7 Å². The molecule has 1 heterocycles. The molecule has 0 amide bonds. The van der Waals surface area contributed by atoms with Gasteiger partial charge in [-0.2, -0.15) is 0 Å². The monoisotopic (exact) mass is 421 g/mol. The van der Waals surface area contributed by atoms with Crippen LogP contribution in [0.5, 0.6) is 0 Å². The molecule has 0 aliphatic rings. The molecule has 0 aliphatic carbocycles. The highest BCUT2D eigenvalue weighted by atomic mass is 35.5. The third kappa shape index (κ3) is 4.00. The fourth-order valence-electron chi connectivity index (χ4n) is 2.61. The molecule has 5 nitrogen and oxygen atoms in total. The van der Waals surface area contributed by atoms with Gasteiger partial charge < -0.3 is 5.11 Å². The zero-order valence-electron chi connectivity index (χ0n) is 14.5. The summed E-state index contributed by atoms with van der Waals surface area (Å²) in [5.41, 5.74) is 1.96. The zero-order chi connectivity index (χ0) is 19.8. The number of carboxylic acid groups (broad SMARTS) is 1. The summed E-state index contributed by atoms with van der Waals surface area (Å²) in [7, 11) is -3.97. The summed E-state index contributed by atoms with van der Waals surface area (Å²) < 4.78 is 28.1. The third-order valence-electron chi connectivity index (χ3n) is 3.97. The third-order valence-corrected chi connectivity index (χ3v) is 7.06. The molecule has 27 heavy (non-hydrogen) atoms. The molecular formula is C19H16ClNO4S2. The Morgan fingerprint density at radius 1 is 1.07 bits per heavy atom. The molecule has 8 heteroatoms. The van der Waals surface area contributed by atoms with Gasteiger partial charge in [0.25, 0.3) is 10.0 Å². The van der Waals surface area contributed by atoms with Crippen LogP contribution in [-0.2, 0) is 10.0 Å². The Kier molecular flexibility index (Phi) is 5.28. The second-order valence-corrected chi connectivity index (χ2v) is 9.11. The smallest absolute Gasteiger partial charge is 0.348 e. The van der Waals surface area contributed by atoms with Crippen molar-refractivity contribution in [3.8, 4) is 10.4 Å². The Morgan fingerprint density at radius 2 is 1.74 bits per heavy atom. The summed E-state index contributed by atoms with van der Waals surface area (Å²) in [6, 6.07) is 13.8. The van der Waals surface area contributed by atoms with Crippen molar-refractivity contribution in [1.82, 2.24) is 0 Å². The number of aryl methyl sites for hydroxylation is 2. The first-order valence-corrected chi connectivity index (χ1v) is 10.6. The van der Waals surface area contributed by atoms with Crippen LogP contribution in [0.1, 0.15) is 20.8 Å². The molecule has 2 aromatic carbocycles. The van der Waals surface area contributed by atoms with Crippen LogP contribution in [0.3, 0.4) is 0 Å². The number of carboxylic acids is 1. The number of halogens is 1. The maximum Gasteiger partial charge on any atom is 0.348 e. The molecule has 0 saturated carbocycles. The average molecular weight is 422 g/mol. The highest BCUT2D eigenvalue weighted by molar-refractivity contribution is 7.92. The van der Waals surface area contributed by atoms with E-state index >= 15 is 0 Å². The number of thiophene rings is 1. The molecule has 0 unspecified atom stereocenters. The summed E-state index contributed by atoms with van der Waals surface area (Å²) in [5.74, 6) is -1.19. The lowest BCUT2D eigenvalue weighted by molar-refractivity contribution is 0.0703. The highest BCUT2D eigenvalue weighted by Gasteiger charge is 2.24. The van der Waals surface area contributed by atoms with Gasteiger partial charge in [-0.1, -0.05) is 41.9 Å². The van der Waals surface area contributed by atoms with Crippen LogP contribution in [0, 0.1) is 13.8 Å². The Labute approximate surface area is 166 Å². The zero-order valence-corrected chi connectivity index (χ0v) is 16.9. The maximum absolute atomic E-state index is 12.9. The SMILES string of the molecule is Cc1cc(S(=O)(=O)Nc2cc(-c3ccccc3)sc2C(=O)O)c(C)cc1Cl. The molecule has 3 aromatic rings. The summed E-state index contributed by atoms with van der Waals surface area (Å²) >= 11 is 7.06. The van der Waals surface area contributed by atoms with E-state index in [9.17, 15) is 18.3 Å². The highest BCUT2D eigenvalue weighted by Crippen LogP contribution is 2.36. The van der Waals surface area contributed by atoms with E-state index in [4.69, 9.17) is 11.6 Å². The minimum Gasteiger partial charge on any atom is -0.477 e. The number of hydrogen-bond acceptors (Lipinski definition) is 4. The molecule has 3 rings (SSSR count). The lowest BCUT2D eigenvalue weighted by Crippen LogP contribution is -2.15. The Morgan fingerprint density at radius 3 is 2.37 bits per heavy atom. The molecule has 0 radical (unpaired) electrons. The lowest BCUT2D eigenvalue weighted by Gasteiger charge is -2.11. The van der Waals surface area contributed by atoms with Crippen LogP contribution in [0.2, 0.25) is 5.02 Å². The van der Waals surface area contributed by atoms with Gasteiger partial charge in [0.2, 0.25) is 0 Å². The molecule has 1 aromatic heterocycles. The summed E-state index contributed by atoms with van der Waals surface area (Å²) in [6.45, 7) is 3.35. The van der Waals surface area contributed by atoms with E-state index in [0.29, 0.717) is 21.0 Å². The van der Waals surface area contributed by atoms with Crippen molar-refractivity contribution in [2.75, 3.05) is 4.72 Å². The van der Waals surface area contributed by atoms with Crippen LogP contribution in [-0.4, -0.2) is 19.5 Å². The van der Waals surface area contributed by atoms with Crippen molar-refractivity contribution in [3.05, 3.63) is 69.6 Å². The van der Waals surface area contributed by atoms with E-state index in [0.717, 1.165) is 16.9 Å². The lowest BCUT2D eigenvalue weighted by atomic mass is 10.2. The molecule has 0 bridgehead atoms. The number of rotatable bonds is 5. The molecular weight excluding hydrogens is 406 g/mol. The molecule has 0 spiro atoms. The van der Waals surface area contributed by atoms with Gasteiger partial charge in [0.1, 0.15) is 4.88 Å². The first-order valence-electron chi connectivity index (χ1n) is 7.91. The van der Waals surface area contributed by atoms with E-state index in [1.54, 1.807) is 26.0 Å². The predicted octanol–water partition coefficient (Wildman–Crippen LogP) is 5.18. The minimum atomic E-state index is -3.97. The number of carbonyl (C=O) groups is 1. The van der Waals surface area contributed by atoms with E-state index < -0.39 is 16.0 Å². The normalized spacial score (nSPS) is 11.4. The molecule has 0 atom stereocenters. The van der Waals surface area contributed by atoms with Crippen LogP contribution in [0.15, 0.2) is 53.4 Å². The largest absolute Gasteiger partial charge is 0.477 e. The van der Waals surface area contributed by atoms with Gasteiger partial charge >= 0.3 is 5.97 Å². The van der Waals surface area contributed by atoms with E-state index in [2.05, 4.69) is 4.72 Å². The van der Waals surface area contributed by atoms with Gasteiger partial charge in [0.15, 0.2) is 0 Å². The fraction of sp³-hybridized carbons (Fsp3) is 0.105. The summed E-state index contributed by atoms with van der Waals surface area (Å²) in [6.07, 6.45) is 0. The fourth-order valence-corrected chi connectivity index (χ4v) is 5.23. The standard InChI is InChI=1S/C19H16ClNO4S2/c1-11-9-17(12(2)8-14(11)20)27(24,25)21-15-10-16(26-18(15)19(22)23)13-6-4-3-5-7-13/h3-10,21H,1-2H3,(H,22,23). The molecule has 0 saturated heterocycles. The van der Waals surface area contributed by atoms with E-state index in [-0.39, 0.29) is 15.5 Å². The van der Waals surface area contributed by atoms with E-state index in [1.165, 1.54) is 6.07 Å². The maximum atomic E-state index is 12.9. The molecule has 2 N–H and O–H groups in total. The first kappa shape index (κ1) is 19.4. The summed E-state index contributed by atoms with van der Waals surface area (Å²) in [5, 5.41) is 9.96. The van der Waals surface area contributed by atoms with Gasteiger partial charge in [0.05, 0.1) is 10.6 Å². The summed E-state index contributed by atoms with van der Waals surface area (Å²) in [4.78, 5) is 12.3. The Hall–Kier alpha value is -2.35. The van der Waals surface area contributed by atoms with Gasteiger partial charge in [-0.3, -0.25) is 4.72 Å². The second kappa shape index (κ2) is 7.34. The van der Waals surface area contributed by atoms with Crippen LogP contribution >= 0.6 is 22.9 Å². The minimum absolute atomic E-state index is 0.0401. The molecule has 0 aliphatic heterocycles. The van der Waals surface area contributed by atoms with Crippen molar-refractivity contribution in [3.63, 3.8) is 0 Å². The predicted molar refractivity (Wildman–Crippen MR) is 108 cm³/mol. The number of sulfonamides is 1. The van der Waals surface area contributed by atoms with Gasteiger partial charge in [0, 0.05) is 9.90 Å². The Balaban J connectivity index is 2.05. The van der Waals surface area contributed by atoms with Crippen LogP contribution in [0.25, 0.3) is 10.4 Å². The van der Waals surface area contributed by atoms with Crippen LogP contribution < -0.4 is 4.72 Å². The number of hydrogen-bond donors (Lipinski definition) is 2. The van der Waals surface area contributed by atoms with Crippen molar-refractivity contribution in [2.24, 2.45) is 0 Å². The topological polar surface area (TPSA) is 83.5 Å². The average Bonchev–Trinajstić information content (AvgIpc) is 3.02. The Bertz CT molecular complexity index is 1120. The number of anilines is 1. The van der Waals surface area contributed by atoms with Crippen molar-refractivity contribution < 1.29 is 18.3 Å². The van der Waals surface area contributed by atoms with Crippen molar-refractivity contribution in [2.45, 2.75) is 18.7 Å². The second-order valence-electron chi connectivity index (χ2n) is 6.00. The molecule has 0 fully saturated rings. The number of benzene rings is 2. The first-order chi connectivity index (χ1) is 12.7. The van der Waals surface area contributed by atoms with Crippen molar-refractivity contribution >= 4 is 44.6 Å². The number of aromatic carboxylic acids is 1.